The van der Waals surface area contributed by atoms with Crippen molar-refractivity contribution in [3.63, 3.8) is 0 Å². The van der Waals surface area contributed by atoms with E-state index in [-0.39, 0.29) is 0 Å². The third kappa shape index (κ3) is 3.41. The van der Waals surface area contributed by atoms with Gasteiger partial charge in [-0.05, 0) is 44.2 Å². The van der Waals surface area contributed by atoms with Gasteiger partial charge in [0, 0.05) is 21.6 Å². The number of aryl methyl sites for hydroxylation is 2. The number of rotatable bonds is 5. The van der Waals surface area contributed by atoms with Crippen molar-refractivity contribution in [2.45, 2.75) is 19.0 Å². The lowest BCUT2D eigenvalue weighted by Crippen LogP contribution is -2.02. The summed E-state index contributed by atoms with van der Waals surface area (Å²) in [5.74, 6) is 2.31. The maximum absolute atomic E-state index is 5.71. The number of benzene rings is 1. The summed E-state index contributed by atoms with van der Waals surface area (Å²) in [6, 6.07) is 9.84. The first-order valence-electron chi connectivity index (χ1n) is 6.84. The van der Waals surface area contributed by atoms with E-state index in [1.54, 1.807) is 11.8 Å². The van der Waals surface area contributed by atoms with Gasteiger partial charge in [-0.1, -0.05) is 27.7 Å². The van der Waals surface area contributed by atoms with Crippen molar-refractivity contribution < 1.29 is 4.74 Å². The average Bonchev–Trinajstić information content (AvgIpc) is 2.88. The van der Waals surface area contributed by atoms with Gasteiger partial charge in [0.15, 0.2) is 5.16 Å². The number of halogens is 1. The van der Waals surface area contributed by atoms with Crippen LogP contribution in [0, 0.1) is 13.8 Å². The molecule has 0 aliphatic rings. The number of aromatic nitrogens is 4. The van der Waals surface area contributed by atoms with Crippen molar-refractivity contribution in [2.24, 2.45) is 0 Å². The van der Waals surface area contributed by atoms with Crippen molar-refractivity contribution in [3.8, 4) is 5.75 Å². The molecule has 0 N–H and O–H groups in total. The van der Waals surface area contributed by atoms with Crippen LogP contribution >= 0.6 is 27.7 Å². The molecule has 1 aromatic carbocycles. The van der Waals surface area contributed by atoms with Crippen LogP contribution in [-0.4, -0.2) is 31.9 Å². The Morgan fingerprint density at radius 2 is 1.95 bits per heavy atom. The van der Waals surface area contributed by atoms with Gasteiger partial charge in [-0.15, -0.1) is 10.2 Å². The van der Waals surface area contributed by atoms with Crippen LogP contribution < -0.4 is 4.74 Å². The van der Waals surface area contributed by atoms with Crippen molar-refractivity contribution in [1.29, 1.82) is 0 Å². The van der Waals surface area contributed by atoms with Crippen LogP contribution in [0.2, 0.25) is 0 Å². The Hall–Kier alpha value is -1.60. The summed E-state index contributed by atoms with van der Waals surface area (Å²) in [5.41, 5.74) is 2.04. The fourth-order valence-corrected chi connectivity index (χ4v) is 3.18. The molecule has 2 heterocycles. The van der Waals surface area contributed by atoms with Gasteiger partial charge in [0.05, 0.1) is 6.61 Å². The summed E-state index contributed by atoms with van der Waals surface area (Å²) in [5, 5.41) is 9.17. The molecule has 0 spiro atoms. The Labute approximate surface area is 141 Å². The van der Waals surface area contributed by atoms with Crippen molar-refractivity contribution in [1.82, 2.24) is 19.6 Å². The molecule has 0 saturated heterocycles. The number of fused-ring (bicyclic) bond motifs is 1. The van der Waals surface area contributed by atoms with Crippen molar-refractivity contribution in [2.75, 3.05) is 12.4 Å². The molecule has 0 aliphatic heterocycles. The molecule has 0 fully saturated rings. The van der Waals surface area contributed by atoms with Gasteiger partial charge >= 0.3 is 0 Å². The molecule has 0 unspecified atom stereocenters. The summed E-state index contributed by atoms with van der Waals surface area (Å²) >= 11 is 5.02. The molecule has 0 amide bonds. The predicted octanol–water partition coefficient (Wildman–Crippen LogP) is 3.67. The third-order valence-electron chi connectivity index (χ3n) is 3.06. The molecule has 0 aliphatic carbocycles. The topological polar surface area (TPSA) is 52.3 Å². The maximum atomic E-state index is 5.71. The van der Waals surface area contributed by atoms with Gasteiger partial charge in [-0.2, -0.15) is 0 Å². The average molecular weight is 379 g/mol. The molecular formula is C15H15BrN4OS. The molecule has 7 heteroatoms. The molecule has 0 saturated carbocycles. The fraction of sp³-hybridized carbons (Fsp3) is 0.267. The van der Waals surface area contributed by atoms with E-state index in [4.69, 9.17) is 4.74 Å². The minimum atomic E-state index is 0.611. The third-order valence-corrected chi connectivity index (χ3v) is 4.48. The Morgan fingerprint density at radius 3 is 2.73 bits per heavy atom. The van der Waals surface area contributed by atoms with Crippen LogP contribution in [0.5, 0.6) is 5.75 Å². The van der Waals surface area contributed by atoms with Crippen LogP contribution in [-0.2, 0) is 0 Å². The number of thioether (sulfide) groups is 1. The molecule has 3 rings (SSSR count). The Bertz CT molecular complexity index is 788. The highest BCUT2D eigenvalue weighted by Gasteiger charge is 2.09. The SMILES string of the molecule is Cc1cc(C)n2c(SCCOc3ccc(Br)cc3)nnc2n1. The number of ether oxygens (including phenoxy) is 1. The van der Waals surface area contributed by atoms with E-state index in [1.165, 1.54) is 0 Å². The van der Waals surface area contributed by atoms with E-state index in [9.17, 15) is 0 Å². The number of hydrogen-bond acceptors (Lipinski definition) is 5. The lowest BCUT2D eigenvalue weighted by molar-refractivity contribution is 0.344. The molecule has 114 valence electrons. The zero-order valence-corrected chi connectivity index (χ0v) is 14.7. The first-order chi connectivity index (χ1) is 10.6. The van der Waals surface area contributed by atoms with Crippen LogP contribution in [0.1, 0.15) is 11.4 Å². The first kappa shape index (κ1) is 15.3. The van der Waals surface area contributed by atoms with Gasteiger partial charge in [-0.3, -0.25) is 4.40 Å². The first-order valence-corrected chi connectivity index (χ1v) is 8.62. The molecular weight excluding hydrogens is 364 g/mol. The van der Waals surface area contributed by atoms with Gasteiger partial charge in [0.1, 0.15) is 5.75 Å². The second kappa shape index (κ2) is 6.66. The van der Waals surface area contributed by atoms with E-state index in [0.717, 1.165) is 32.5 Å². The molecule has 0 bridgehead atoms. The van der Waals surface area contributed by atoms with E-state index >= 15 is 0 Å². The summed E-state index contributed by atoms with van der Waals surface area (Å²) in [7, 11) is 0. The van der Waals surface area contributed by atoms with Gasteiger partial charge in [-0.25, -0.2) is 4.98 Å². The number of nitrogens with zero attached hydrogens (tertiary/aromatic N) is 4. The van der Waals surface area contributed by atoms with Gasteiger partial charge in [0.2, 0.25) is 0 Å². The highest BCUT2D eigenvalue weighted by atomic mass is 79.9. The standard InChI is InChI=1S/C15H15BrN4OS/c1-10-9-11(2)20-14(17-10)18-19-15(20)22-8-7-21-13-5-3-12(16)4-6-13/h3-6,9H,7-8H2,1-2H3. The Balaban J connectivity index is 1.61. The summed E-state index contributed by atoms with van der Waals surface area (Å²) in [6.07, 6.45) is 0. The summed E-state index contributed by atoms with van der Waals surface area (Å²) in [4.78, 5) is 4.38. The smallest absolute Gasteiger partial charge is 0.256 e. The second-order valence-corrected chi connectivity index (χ2v) is 6.79. The minimum absolute atomic E-state index is 0.611. The van der Waals surface area contributed by atoms with Crippen LogP contribution in [0.3, 0.4) is 0 Å². The highest BCUT2D eigenvalue weighted by Crippen LogP contribution is 2.20. The van der Waals surface area contributed by atoms with E-state index in [1.807, 2.05) is 48.6 Å². The largest absolute Gasteiger partial charge is 0.493 e. The monoisotopic (exact) mass is 378 g/mol. The molecule has 0 atom stereocenters. The van der Waals surface area contributed by atoms with Crippen molar-refractivity contribution >= 4 is 33.5 Å². The van der Waals surface area contributed by atoms with Gasteiger partial charge in [0.25, 0.3) is 5.78 Å². The zero-order chi connectivity index (χ0) is 15.5. The van der Waals surface area contributed by atoms with E-state index in [2.05, 4.69) is 31.1 Å². The van der Waals surface area contributed by atoms with Crippen LogP contribution in [0.4, 0.5) is 0 Å². The Morgan fingerprint density at radius 1 is 1.18 bits per heavy atom. The van der Waals surface area contributed by atoms with Crippen LogP contribution in [0.25, 0.3) is 5.78 Å². The van der Waals surface area contributed by atoms with E-state index in [0.29, 0.717) is 12.4 Å². The molecule has 0 radical (unpaired) electrons. The fourth-order valence-electron chi connectivity index (χ4n) is 2.12. The normalized spacial score (nSPS) is 11.0. The molecule has 3 aromatic rings. The predicted molar refractivity (Wildman–Crippen MR) is 90.6 cm³/mol. The second-order valence-electron chi connectivity index (χ2n) is 4.81. The lowest BCUT2D eigenvalue weighted by Gasteiger charge is -2.06. The number of hydrogen-bond donors (Lipinski definition) is 0. The Kier molecular flexibility index (Phi) is 4.63. The zero-order valence-electron chi connectivity index (χ0n) is 12.3. The highest BCUT2D eigenvalue weighted by molar-refractivity contribution is 9.10. The molecule has 2 aromatic heterocycles. The lowest BCUT2D eigenvalue weighted by atomic mass is 10.3. The summed E-state index contributed by atoms with van der Waals surface area (Å²) < 4.78 is 8.72. The minimum Gasteiger partial charge on any atom is -0.493 e. The van der Waals surface area contributed by atoms with Gasteiger partial charge < -0.3 is 4.74 Å². The van der Waals surface area contributed by atoms with Crippen LogP contribution in [0.15, 0.2) is 40.0 Å². The quantitative estimate of drug-likeness (QED) is 0.500. The van der Waals surface area contributed by atoms with E-state index < -0.39 is 0 Å². The maximum Gasteiger partial charge on any atom is 0.256 e. The van der Waals surface area contributed by atoms with Crippen molar-refractivity contribution in [3.05, 3.63) is 46.2 Å². The molecule has 5 nitrogen and oxygen atoms in total. The molecule has 22 heavy (non-hydrogen) atoms. The summed E-state index contributed by atoms with van der Waals surface area (Å²) in [6.45, 7) is 4.60.